The number of hydrogen-bond acceptors (Lipinski definition) is 3. The van der Waals surface area contributed by atoms with Crippen molar-refractivity contribution in [1.29, 1.82) is 0 Å². The van der Waals surface area contributed by atoms with E-state index in [1.165, 1.54) is 4.90 Å². The Hall–Kier alpha value is -1.26. The highest BCUT2D eigenvalue weighted by Crippen LogP contribution is 2.29. The maximum Gasteiger partial charge on any atom is 0.410 e. The van der Waals surface area contributed by atoms with Crippen molar-refractivity contribution in [2.45, 2.75) is 39.2 Å². The van der Waals surface area contributed by atoms with Crippen molar-refractivity contribution >= 4 is 12.1 Å². The minimum atomic E-state index is -1.10. The topological polar surface area (TPSA) is 66.8 Å². The molecule has 1 heterocycles. The van der Waals surface area contributed by atoms with Gasteiger partial charge in [0.1, 0.15) is 5.54 Å². The Morgan fingerprint density at radius 3 is 2.62 bits per heavy atom. The number of aliphatic carboxylic acids is 1. The zero-order valence-corrected chi connectivity index (χ0v) is 10.0. The number of amides is 1. The highest BCUT2D eigenvalue weighted by molar-refractivity contribution is 5.84. The lowest BCUT2D eigenvalue weighted by Crippen LogP contribution is -2.51. The third kappa shape index (κ3) is 2.46. The van der Waals surface area contributed by atoms with E-state index in [1.807, 2.05) is 13.8 Å². The van der Waals surface area contributed by atoms with Crippen LogP contribution in [0.4, 0.5) is 4.79 Å². The Morgan fingerprint density at radius 1 is 1.50 bits per heavy atom. The molecule has 0 aromatic rings. The quantitative estimate of drug-likeness (QED) is 0.800. The number of carbonyl (C=O) groups is 2. The second kappa shape index (κ2) is 4.72. The average molecular weight is 229 g/mol. The Labute approximate surface area is 95.4 Å². The molecule has 1 atom stereocenters. The molecule has 0 bridgehead atoms. The molecule has 1 fully saturated rings. The Bertz CT molecular complexity index is 290. The largest absolute Gasteiger partial charge is 0.480 e. The zero-order chi connectivity index (χ0) is 12.3. The van der Waals surface area contributed by atoms with Crippen LogP contribution in [0.15, 0.2) is 0 Å². The van der Waals surface area contributed by atoms with Crippen LogP contribution in [0.5, 0.6) is 0 Å². The summed E-state index contributed by atoms with van der Waals surface area (Å²) in [5.74, 6) is -0.714. The van der Waals surface area contributed by atoms with Gasteiger partial charge in [0, 0.05) is 6.54 Å². The summed E-state index contributed by atoms with van der Waals surface area (Å²) in [6.45, 7) is 6.23. The molecule has 0 spiro atoms. The van der Waals surface area contributed by atoms with E-state index in [4.69, 9.17) is 9.84 Å². The maximum absolute atomic E-state index is 11.7. The Balaban J connectivity index is 2.65. The van der Waals surface area contributed by atoms with Gasteiger partial charge in [-0.3, -0.25) is 4.90 Å². The van der Waals surface area contributed by atoms with Gasteiger partial charge in [-0.1, -0.05) is 13.8 Å². The molecule has 92 valence electrons. The number of carboxylic acids is 1. The summed E-state index contributed by atoms with van der Waals surface area (Å²) in [5.41, 5.74) is -1.10. The molecule has 5 nitrogen and oxygen atoms in total. The van der Waals surface area contributed by atoms with Crippen molar-refractivity contribution in [3.8, 4) is 0 Å². The predicted octanol–water partition coefficient (Wildman–Crippen LogP) is 1.72. The molecule has 0 radical (unpaired) electrons. The lowest BCUT2D eigenvalue weighted by molar-refractivity contribution is -0.147. The minimum absolute atomic E-state index is 0.252. The zero-order valence-electron chi connectivity index (χ0n) is 10.0. The molecule has 0 aliphatic carbocycles. The Kier molecular flexibility index (Phi) is 3.78. The third-order valence-corrected chi connectivity index (χ3v) is 2.86. The fraction of sp³-hybridized carbons (Fsp3) is 0.818. The number of nitrogens with zero attached hydrogens (tertiary/aromatic N) is 1. The molecule has 0 aromatic carbocycles. The summed E-state index contributed by atoms with van der Waals surface area (Å²) in [6.07, 6.45) is 0.676. The first-order valence-electron chi connectivity index (χ1n) is 5.55. The van der Waals surface area contributed by atoms with E-state index in [9.17, 15) is 9.59 Å². The van der Waals surface area contributed by atoms with Crippen LogP contribution in [0, 0.1) is 5.92 Å². The molecule has 1 N–H and O–H groups in total. The molecular weight excluding hydrogens is 210 g/mol. The van der Waals surface area contributed by atoms with Gasteiger partial charge in [0.25, 0.3) is 0 Å². The smallest absolute Gasteiger partial charge is 0.410 e. The monoisotopic (exact) mass is 229 g/mol. The van der Waals surface area contributed by atoms with Crippen molar-refractivity contribution < 1.29 is 19.4 Å². The molecule has 1 amide bonds. The predicted molar refractivity (Wildman–Crippen MR) is 58.2 cm³/mol. The molecular formula is C11H19NO4. The van der Waals surface area contributed by atoms with Gasteiger partial charge in [-0.25, -0.2) is 9.59 Å². The van der Waals surface area contributed by atoms with E-state index in [0.29, 0.717) is 26.0 Å². The number of rotatable bonds is 3. The summed E-state index contributed by atoms with van der Waals surface area (Å²) in [7, 11) is 0. The van der Waals surface area contributed by atoms with E-state index < -0.39 is 17.6 Å². The molecule has 5 heteroatoms. The van der Waals surface area contributed by atoms with Gasteiger partial charge < -0.3 is 9.84 Å². The molecule has 1 aliphatic rings. The van der Waals surface area contributed by atoms with Crippen LogP contribution in [-0.2, 0) is 9.53 Å². The van der Waals surface area contributed by atoms with E-state index >= 15 is 0 Å². The van der Waals surface area contributed by atoms with Crippen molar-refractivity contribution in [2.75, 3.05) is 13.2 Å². The standard InChI is InChI=1S/C11H19NO4/c1-8(2)7-16-10(15)12-6-4-5-11(12,3)9(13)14/h8H,4-7H2,1-3H3,(H,13,14). The fourth-order valence-corrected chi connectivity index (χ4v) is 1.79. The summed E-state index contributed by atoms with van der Waals surface area (Å²) in [4.78, 5) is 24.2. The second-order valence-electron chi connectivity index (χ2n) is 4.80. The third-order valence-electron chi connectivity index (χ3n) is 2.86. The van der Waals surface area contributed by atoms with E-state index in [1.54, 1.807) is 6.92 Å². The highest BCUT2D eigenvalue weighted by atomic mass is 16.6. The van der Waals surface area contributed by atoms with E-state index in [0.717, 1.165) is 0 Å². The van der Waals surface area contributed by atoms with Gasteiger partial charge in [0.15, 0.2) is 0 Å². The van der Waals surface area contributed by atoms with Gasteiger partial charge in [0.05, 0.1) is 6.61 Å². The van der Waals surface area contributed by atoms with Crippen LogP contribution in [0.1, 0.15) is 33.6 Å². The summed E-state index contributed by atoms with van der Waals surface area (Å²) >= 11 is 0. The van der Waals surface area contributed by atoms with E-state index in [-0.39, 0.29) is 5.92 Å². The average Bonchev–Trinajstić information content (AvgIpc) is 2.58. The Morgan fingerprint density at radius 2 is 2.12 bits per heavy atom. The summed E-state index contributed by atoms with van der Waals surface area (Å²) < 4.78 is 5.06. The number of ether oxygens (including phenoxy) is 1. The van der Waals surface area contributed by atoms with Crippen molar-refractivity contribution in [2.24, 2.45) is 5.92 Å². The number of carbonyl (C=O) groups excluding carboxylic acids is 1. The van der Waals surface area contributed by atoms with Crippen LogP contribution < -0.4 is 0 Å². The molecule has 0 saturated carbocycles. The minimum Gasteiger partial charge on any atom is -0.480 e. The molecule has 16 heavy (non-hydrogen) atoms. The van der Waals surface area contributed by atoms with Crippen LogP contribution in [0.2, 0.25) is 0 Å². The SMILES string of the molecule is CC(C)COC(=O)N1CCCC1(C)C(=O)O. The molecule has 0 aromatic heterocycles. The van der Waals surface area contributed by atoms with E-state index in [2.05, 4.69) is 0 Å². The van der Waals surface area contributed by atoms with Gasteiger partial charge >= 0.3 is 12.1 Å². The lowest BCUT2D eigenvalue weighted by Gasteiger charge is -2.30. The van der Waals surface area contributed by atoms with Crippen LogP contribution in [0.25, 0.3) is 0 Å². The normalized spacial score (nSPS) is 24.9. The molecule has 1 rings (SSSR count). The van der Waals surface area contributed by atoms with Crippen molar-refractivity contribution in [3.63, 3.8) is 0 Å². The fourth-order valence-electron chi connectivity index (χ4n) is 1.79. The molecule has 1 saturated heterocycles. The maximum atomic E-state index is 11.7. The first-order chi connectivity index (χ1) is 7.38. The molecule has 1 unspecified atom stereocenters. The highest BCUT2D eigenvalue weighted by Gasteiger charge is 2.46. The van der Waals surface area contributed by atoms with Crippen LogP contribution >= 0.6 is 0 Å². The number of hydrogen-bond donors (Lipinski definition) is 1. The van der Waals surface area contributed by atoms with Gasteiger partial charge in [-0.15, -0.1) is 0 Å². The lowest BCUT2D eigenvalue weighted by atomic mass is 10.00. The van der Waals surface area contributed by atoms with Crippen LogP contribution in [-0.4, -0.2) is 40.8 Å². The number of likely N-dealkylation sites (tertiary alicyclic amines) is 1. The van der Waals surface area contributed by atoms with Crippen molar-refractivity contribution in [1.82, 2.24) is 4.90 Å². The first-order valence-corrected chi connectivity index (χ1v) is 5.55. The number of carboxylic acid groups (broad SMARTS) is 1. The van der Waals surface area contributed by atoms with Gasteiger partial charge in [0.2, 0.25) is 0 Å². The first kappa shape index (κ1) is 12.8. The van der Waals surface area contributed by atoms with Gasteiger partial charge in [-0.05, 0) is 25.7 Å². The summed E-state index contributed by atoms with van der Waals surface area (Å²) in [6, 6.07) is 0. The van der Waals surface area contributed by atoms with Gasteiger partial charge in [-0.2, -0.15) is 0 Å². The molecule has 1 aliphatic heterocycles. The van der Waals surface area contributed by atoms with Crippen LogP contribution in [0.3, 0.4) is 0 Å². The van der Waals surface area contributed by atoms with Crippen molar-refractivity contribution in [3.05, 3.63) is 0 Å². The summed E-state index contributed by atoms with van der Waals surface area (Å²) in [5, 5.41) is 9.12. The second-order valence-corrected chi connectivity index (χ2v) is 4.80.